The highest BCUT2D eigenvalue weighted by Gasteiger charge is 2.22. The molecule has 0 radical (unpaired) electrons. The van der Waals surface area contributed by atoms with E-state index in [0.717, 1.165) is 35.0 Å². The number of benzene rings is 2. The molecule has 0 saturated carbocycles. The fourth-order valence-corrected chi connectivity index (χ4v) is 4.11. The molecule has 2 aromatic heterocycles. The number of rotatable bonds is 7. The van der Waals surface area contributed by atoms with Crippen molar-refractivity contribution in [1.82, 2.24) is 20.2 Å². The van der Waals surface area contributed by atoms with E-state index in [-0.39, 0.29) is 17.2 Å². The van der Waals surface area contributed by atoms with Crippen LogP contribution in [0.3, 0.4) is 0 Å². The van der Waals surface area contributed by atoms with Crippen LogP contribution >= 0.6 is 0 Å². The Bertz CT molecular complexity index is 1210. The molecule has 0 spiro atoms. The fraction of sp³-hybridized carbons (Fsp3) is 0.304. The smallest absolute Gasteiger partial charge is 0.140 e. The minimum Gasteiger partial charge on any atom is -0.507 e. The van der Waals surface area contributed by atoms with Crippen LogP contribution in [-0.4, -0.2) is 64.4 Å². The van der Waals surface area contributed by atoms with Gasteiger partial charge in [0.15, 0.2) is 0 Å². The number of hydrogen-bond acceptors (Lipinski definition) is 5. The molecule has 0 fully saturated rings. The van der Waals surface area contributed by atoms with Crippen LogP contribution in [0.2, 0.25) is 0 Å². The van der Waals surface area contributed by atoms with E-state index in [1.807, 2.05) is 33.4 Å². The van der Waals surface area contributed by atoms with E-state index in [2.05, 4.69) is 20.2 Å². The van der Waals surface area contributed by atoms with Crippen molar-refractivity contribution in [2.24, 2.45) is 0 Å². The first-order valence-electron chi connectivity index (χ1n) is 10.1. The lowest BCUT2D eigenvalue weighted by atomic mass is 9.98. The van der Waals surface area contributed by atoms with Crippen LogP contribution in [0.25, 0.3) is 33.1 Å². The number of aromatic hydroxyl groups is 3. The highest BCUT2D eigenvalue weighted by molar-refractivity contribution is 6.02. The Hall–Kier alpha value is -3.16. The van der Waals surface area contributed by atoms with Gasteiger partial charge in [0.2, 0.25) is 0 Å². The third kappa shape index (κ3) is 3.36. The van der Waals surface area contributed by atoms with E-state index in [1.54, 1.807) is 18.2 Å². The number of fused-ring (bicyclic) bond motifs is 2. The Morgan fingerprint density at radius 3 is 2.57 bits per heavy atom. The highest BCUT2D eigenvalue weighted by Crippen LogP contribution is 2.45. The Labute approximate surface area is 175 Å². The normalized spacial score (nSPS) is 11.9. The second-order valence-electron chi connectivity index (χ2n) is 7.94. The molecule has 0 aliphatic rings. The lowest BCUT2D eigenvalue weighted by molar-refractivity contribution is 0.414. The fourth-order valence-electron chi connectivity index (χ4n) is 4.11. The summed E-state index contributed by atoms with van der Waals surface area (Å²) in [6, 6.07) is 6.92. The van der Waals surface area contributed by atoms with Gasteiger partial charge in [0.1, 0.15) is 17.2 Å². The van der Waals surface area contributed by atoms with Crippen molar-refractivity contribution in [2.75, 3.05) is 34.2 Å². The van der Waals surface area contributed by atoms with Gasteiger partial charge >= 0.3 is 0 Å². The second-order valence-corrected chi connectivity index (χ2v) is 7.94. The monoisotopic (exact) mass is 408 g/mol. The standard InChI is InChI=1S/C23H28N4O3/c1-24-9-7-14-20-16(5-4-6-17(20)28)26-21(14)15-11-18(29)22-19(23(15)30)13(12-25-22)8-10-27(2)3/h4-6,11-12,24-26,28-30H,7-10H2,1-3H3. The number of likely N-dealkylation sites (N-methyl/N-ethyl adjacent to an activating group) is 2. The summed E-state index contributed by atoms with van der Waals surface area (Å²) in [5.74, 6) is 0.394. The van der Waals surface area contributed by atoms with Crippen molar-refractivity contribution >= 4 is 21.8 Å². The zero-order valence-corrected chi connectivity index (χ0v) is 17.5. The molecule has 4 rings (SSSR count). The van der Waals surface area contributed by atoms with E-state index in [1.165, 1.54) is 0 Å². The predicted molar refractivity (Wildman–Crippen MR) is 120 cm³/mol. The Morgan fingerprint density at radius 2 is 1.83 bits per heavy atom. The van der Waals surface area contributed by atoms with E-state index < -0.39 is 0 Å². The average Bonchev–Trinajstić information content (AvgIpc) is 3.30. The summed E-state index contributed by atoms with van der Waals surface area (Å²) in [6.45, 7) is 1.53. The molecule has 0 aliphatic heterocycles. The topological polar surface area (TPSA) is 108 Å². The molecule has 2 aromatic carbocycles. The molecule has 0 atom stereocenters. The van der Waals surface area contributed by atoms with Crippen molar-refractivity contribution in [3.8, 4) is 28.5 Å². The van der Waals surface area contributed by atoms with Gasteiger partial charge in [0.05, 0.1) is 11.2 Å². The number of phenolic OH excluding ortho intramolecular Hbond substituents is 3. The summed E-state index contributed by atoms with van der Waals surface area (Å²) in [5, 5.41) is 37.0. The van der Waals surface area contributed by atoms with Crippen molar-refractivity contribution in [1.29, 1.82) is 0 Å². The van der Waals surface area contributed by atoms with Gasteiger partial charge < -0.3 is 35.5 Å². The molecule has 0 bridgehead atoms. The minimum atomic E-state index is 0.0800. The van der Waals surface area contributed by atoms with Crippen LogP contribution in [0.4, 0.5) is 0 Å². The predicted octanol–water partition coefficient (Wildman–Crippen LogP) is 3.30. The highest BCUT2D eigenvalue weighted by atomic mass is 16.3. The number of nitrogens with zero attached hydrogens (tertiary/aromatic N) is 1. The van der Waals surface area contributed by atoms with Gasteiger partial charge in [0.25, 0.3) is 0 Å². The summed E-state index contributed by atoms with van der Waals surface area (Å²) in [6.07, 6.45) is 3.24. The molecule has 7 heteroatoms. The van der Waals surface area contributed by atoms with Crippen molar-refractivity contribution in [3.63, 3.8) is 0 Å². The number of aromatic nitrogens is 2. The van der Waals surface area contributed by atoms with Gasteiger partial charge in [-0.2, -0.15) is 0 Å². The van der Waals surface area contributed by atoms with E-state index in [4.69, 9.17) is 0 Å². The maximum atomic E-state index is 11.3. The van der Waals surface area contributed by atoms with Crippen LogP contribution in [-0.2, 0) is 12.8 Å². The van der Waals surface area contributed by atoms with Crippen molar-refractivity contribution in [3.05, 3.63) is 41.6 Å². The SMILES string of the molecule is CNCCc1c(-c2cc(O)c3[nH]cc(CCN(C)C)c3c2O)[nH]c2cccc(O)c12. The molecule has 0 aliphatic carbocycles. The van der Waals surface area contributed by atoms with Gasteiger partial charge in [-0.15, -0.1) is 0 Å². The molecule has 0 saturated heterocycles. The van der Waals surface area contributed by atoms with E-state index in [9.17, 15) is 15.3 Å². The largest absolute Gasteiger partial charge is 0.507 e. The molecular formula is C23H28N4O3. The summed E-state index contributed by atoms with van der Waals surface area (Å²) in [4.78, 5) is 8.52. The van der Waals surface area contributed by atoms with E-state index >= 15 is 0 Å². The molecule has 158 valence electrons. The first-order chi connectivity index (χ1) is 14.4. The van der Waals surface area contributed by atoms with E-state index in [0.29, 0.717) is 35.1 Å². The Morgan fingerprint density at radius 1 is 1.03 bits per heavy atom. The van der Waals surface area contributed by atoms with Gasteiger partial charge in [-0.25, -0.2) is 0 Å². The van der Waals surface area contributed by atoms with Crippen LogP contribution < -0.4 is 5.32 Å². The van der Waals surface area contributed by atoms with Gasteiger partial charge in [-0.1, -0.05) is 6.07 Å². The first-order valence-corrected chi connectivity index (χ1v) is 10.1. The third-order valence-corrected chi connectivity index (χ3v) is 5.62. The summed E-state index contributed by atoms with van der Waals surface area (Å²) in [7, 11) is 5.88. The number of phenols is 3. The maximum absolute atomic E-state index is 11.3. The molecule has 0 unspecified atom stereocenters. The third-order valence-electron chi connectivity index (χ3n) is 5.62. The molecule has 0 amide bonds. The van der Waals surface area contributed by atoms with Crippen LogP contribution in [0, 0.1) is 0 Å². The zero-order chi connectivity index (χ0) is 21.4. The Kier molecular flexibility index (Phi) is 5.32. The van der Waals surface area contributed by atoms with Crippen LogP contribution in [0.5, 0.6) is 17.2 Å². The summed E-state index contributed by atoms with van der Waals surface area (Å²) < 4.78 is 0. The molecule has 6 N–H and O–H groups in total. The lowest BCUT2D eigenvalue weighted by Gasteiger charge is -2.12. The lowest BCUT2D eigenvalue weighted by Crippen LogP contribution is -2.14. The quantitative estimate of drug-likeness (QED) is 0.263. The van der Waals surface area contributed by atoms with Crippen molar-refractivity contribution < 1.29 is 15.3 Å². The minimum absolute atomic E-state index is 0.0800. The summed E-state index contributed by atoms with van der Waals surface area (Å²) in [5.41, 5.74) is 4.39. The van der Waals surface area contributed by atoms with Crippen molar-refractivity contribution in [2.45, 2.75) is 12.8 Å². The Balaban J connectivity index is 1.95. The summed E-state index contributed by atoms with van der Waals surface area (Å²) >= 11 is 0. The number of nitrogens with one attached hydrogen (secondary N) is 3. The molecular weight excluding hydrogens is 380 g/mol. The molecule has 30 heavy (non-hydrogen) atoms. The van der Waals surface area contributed by atoms with Gasteiger partial charge in [-0.05, 0) is 69.9 Å². The molecule has 7 nitrogen and oxygen atoms in total. The number of hydrogen-bond donors (Lipinski definition) is 6. The molecule has 2 heterocycles. The maximum Gasteiger partial charge on any atom is 0.140 e. The van der Waals surface area contributed by atoms with Crippen LogP contribution in [0.15, 0.2) is 30.5 Å². The zero-order valence-electron chi connectivity index (χ0n) is 17.5. The second kappa shape index (κ2) is 7.93. The van der Waals surface area contributed by atoms with Crippen LogP contribution in [0.1, 0.15) is 11.1 Å². The first kappa shape index (κ1) is 20.1. The van der Waals surface area contributed by atoms with Gasteiger partial charge in [0, 0.05) is 34.6 Å². The molecule has 4 aromatic rings. The number of H-pyrrole nitrogens is 2. The number of aromatic amines is 2. The average molecular weight is 409 g/mol. The van der Waals surface area contributed by atoms with Gasteiger partial charge in [-0.3, -0.25) is 0 Å².